The van der Waals surface area contributed by atoms with E-state index in [0.29, 0.717) is 13.1 Å². The molecule has 2 N–H and O–H groups in total. The molecule has 3 aromatic rings. The molecule has 0 spiro atoms. The predicted octanol–water partition coefficient (Wildman–Crippen LogP) is 2.35. The van der Waals surface area contributed by atoms with Crippen molar-refractivity contribution >= 4 is 11.9 Å². The Bertz CT molecular complexity index is 1010. The summed E-state index contributed by atoms with van der Waals surface area (Å²) in [6.07, 6.45) is 0.413. The van der Waals surface area contributed by atoms with Gasteiger partial charge in [0.1, 0.15) is 6.54 Å². The van der Waals surface area contributed by atoms with Gasteiger partial charge in [-0.25, -0.2) is 9.69 Å². The third kappa shape index (κ3) is 3.98. The van der Waals surface area contributed by atoms with Gasteiger partial charge in [-0.15, -0.1) is 0 Å². The van der Waals surface area contributed by atoms with E-state index in [2.05, 4.69) is 17.4 Å². The molecule has 3 amide bonds. The van der Waals surface area contributed by atoms with Crippen LogP contribution in [0.4, 0.5) is 4.79 Å². The highest BCUT2D eigenvalue weighted by Crippen LogP contribution is 2.32. The molecule has 5 heteroatoms. The predicted molar refractivity (Wildman–Crippen MR) is 116 cm³/mol. The molecule has 1 aliphatic heterocycles. The number of nitrogens with one attached hydrogen (secondary N) is 2. The van der Waals surface area contributed by atoms with Crippen LogP contribution in [0.15, 0.2) is 91.0 Å². The van der Waals surface area contributed by atoms with Gasteiger partial charge in [-0.3, -0.25) is 4.79 Å². The van der Waals surface area contributed by atoms with Crippen molar-refractivity contribution in [1.82, 2.24) is 10.2 Å². The van der Waals surface area contributed by atoms with Crippen molar-refractivity contribution in [3.63, 3.8) is 0 Å². The summed E-state index contributed by atoms with van der Waals surface area (Å²) < 4.78 is 0. The molecule has 1 unspecified atom stereocenters. The maximum absolute atomic E-state index is 13.7. The summed E-state index contributed by atoms with van der Waals surface area (Å²) >= 11 is 0. The molecule has 2 atom stereocenters. The van der Waals surface area contributed by atoms with Crippen LogP contribution in [0.5, 0.6) is 0 Å². The Morgan fingerprint density at radius 3 is 1.93 bits per heavy atom. The number of benzene rings is 3. The van der Waals surface area contributed by atoms with Gasteiger partial charge < -0.3 is 10.2 Å². The van der Waals surface area contributed by atoms with E-state index in [0.717, 1.165) is 22.6 Å². The molecule has 0 aliphatic carbocycles. The number of carbonyl (C=O) groups is 2. The summed E-state index contributed by atoms with van der Waals surface area (Å²) in [6.45, 7) is 1.04. The van der Waals surface area contributed by atoms with Crippen molar-refractivity contribution in [1.29, 1.82) is 0 Å². The maximum Gasteiger partial charge on any atom is 0.329 e. The third-order valence-electron chi connectivity index (χ3n) is 5.53. The van der Waals surface area contributed by atoms with Crippen molar-refractivity contribution < 1.29 is 14.5 Å². The maximum atomic E-state index is 13.7. The van der Waals surface area contributed by atoms with Gasteiger partial charge in [-0.05, 0) is 11.1 Å². The molecule has 1 fully saturated rings. The Labute approximate surface area is 176 Å². The minimum absolute atomic E-state index is 0.199. The van der Waals surface area contributed by atoms with Crippen LogP contribution >= 0.6 is 0 Å². The molecular weight excluding hydrogens is 374 g/mol. The first-order chi connectivity index (χ1) is 14.6. The lowest BCUT2D eigenvalue weighted by molar-refractivity contribution is -0.901. The van der Waals surface area contributed by atoms with Crippen LogP contribution in [-0.4, -0.2) is 30.6 Å². The van der Waals surface area contributed by atoms with Gasteiger partial charge in [0, 0.05) is 12.0 Å². The van der Waals surface area contributed by atoms with Crippen LogP contribution < -0.4 is 10.2 Å². The Morgan fingerprint density at radius 1 is 0.800 bits per heavy atom. The highest BCUT2D eigenvalue weighted by atomic mass is 16.2. The van der Waals surface area contributed by atoms with E-state index in [1.807, 2.05) is 85.9 Å². The third-order valence-corrected chi connectivity index (χ3v) is 5.53. The number of nitrogens with zero attached hydrogens (tertiary/aromatic N) is 1. The molecule has 4 rings (SSSR count). The largest absolute Gasteiger partial charge is 0.329 e. The van der Waals surface area contributed by atoms with Gasteiger partial charge in [0.05, 0.1) is 7.05 Å². The molecule has 0 saturated carbocycles. The number of hydrogen-bond donors (Lipinski definition) is 2. The molecular formula is C25H26N3O2+. The minimum atomic E-state index is -1.09. The molecule has 1 aliphatic rings. The van der Waals surface area contributed by atoms with Crippen LogP contribution in [0, 0.1) is 0 Å². The van der Waals surface area contributed by atoms with Crippen molar-refractivity contribution in [3.8, 4) is 0 Å². The number of carbonyl (C=O) groups excluding carboxylic acids is 2. The fraction of sp³-hybridized carbons (Fsp3) is 0.200. The Balaban J connectivity index is 1.60. The molecule has 0 radical (unpaired) electrons. The number of rotatable bonds is 7. The second kappa shape index (κ2) is 8.51. The van der Waals surface area contributed by atoms with Gasteiger partial charge in [0.2, 0.25) is 0 Å². The first-order valence-electron chi connectivity index (χ1n) is 10.2. The van der Waals surface area contributed by atoms with E-state index < -0.39 is 5.54 Å². The summed E-state index contributed by atoms with van der Waals surface area (Å²) in [4.78, 5) is 29.0. The molecule has 0 aromatic heterocycles. The quantitative estimate of drug-likeness (QED) is 0.598. The molecule has 5 nitrogen and oxygen atoms in total. The van der Waals surface area contributed by atoms with Crippen LogP contribution in [0.25, 0.3) is 0 Å². The summed E-state index contributed by atoms with van der Waals surface area (Å²) in [5.41, 5.74) is 1.88. The molecule has 1 heterocycles. The summed E-state index contributed by atoms with van der Waals surface area (Å²) in [5, 5.41) is 3.03. The topological polar surface area (TPSA) is 53.9 Å². The average molecular weight is 401 g/mol. The highest BCUT2D eigenvalue weighted by molar-refractivity contribution is 6.07. The lowest BCUT2D eigenvalue weighted by Gasteiger charge is -2.28. The van der Waals surface area contributed by atoms with E-state index in [4.69, 9.17) is 0 Å². The fourth-order valence-electron chi connectivity index (χ4n) is 4.08. The molecule has 30 heavy (non-hydrogen) atoms. The zero-order valence-electron chi connectivity index (χ0n) is 17.0. The normalized spacial score (nSPS) is 19.6. The van der Waals surface area contributed by atoms with Crippen molar-refractivity contribution in [2.75, 3.05) is 13.7 Å². The molecule has 3 aromatic carbocycles. The standard InChI is InChI=1S/C25H25N3O2/c1-27(18-21-13-7-3-8-14-21)19-28-23(29)25(26-24(28)30,22-15-9-4-10-16-22)17-20-11-5-2-6-12-20/h2-16H,17-19H2,1H3,(H,26,30)/p+1/t25-/m1/s1. The number of amides is 3. The van der Waals surface area contributed by atoms with E-state index >= 15 is 0 Å². The van der Waals surface area contributed by atoms with Gasteiger partial charge in [0.15, 0.2) is 12.2 Å². The second-order valence-corrected chi connectivity index (χ2v) is 7.87. The molecule has 1 saturated heterocycles. The number of urea groups is 1. The number of quaternary nitrogens is 1. The number of hydrogen-bond acceptors (Lipinski definition) is 2. The lowest BCUT2D eigenvalue weighted by atomic mass is 9.83. The summed E-state index contributed by atoms with van der Waals surface area (Å²) in [6, 6.07) is 29.1. The van der Waals surface area contributed by atoms with E-state index in [1.54, 1.807) is 0 Å². The van der Waals surface area contributed by atoms with Crippen molar-refractivity contribution in [2.24, 2.45) is 0 Å². The monoisotopic (exact) mass is 400 g/mol. The van der Waals surface area contributed by atoms with Crippen LogP contribution in [-0.2, 0) is 23.3 Å². The van der Waals surface area contributed by atoms with Gasteiger partial charge in [-0.1, -0.05) is 91.0 Å². The van der Waals surface area contributed by atoms with E-state index in [-0.39, 0.29) is 11.9 Å². The highest BCUT2D eigenvalue weighted by Gasteiger charge is 2.53. The first-order valence-corrected chi connectivity index (χ1v) is 10.2. The van der Waals surface area contributed by atoms with Crippen molar-refractivity contribution in [3.05, 3.63) is 108 Å². The van der Waals surface area contributed by atoms with Gasteiger partial charge in [-0.2, -0.15) is 0 Å². The van der Waals surface area contributed by atoms with Gasteiger partial charge >= 0.3 is 6.03 Å². The van der Waals surface area contributed by atoms with E-state index in [1.165, 1.54) is 10.5 Å². The Morgan fingerprint density at radius 2 is 1.33 bits per heavy atom. The van der Waals surface area contributed by atoms with Crippen LogP contribution in [0.2, 0.25) is 0 Å². The number of imide groups is 1. The van der Waals surface area contributed by atoms with Gasteiger partial charge in [0.25, 0.3) is 5.91 Å². The van der Waals surface area contributed by atoms with Crippen LogP contribution in [0.3, 0.4) is 0 Å². The molecule has 0 bridgehead atoms. The zero-order valence-corrected chi connectivity index (χ0v) is 17.0. The fourth-order valence-corrected chi connectivity index (χ4v) is 4.08. The van der Waals surface area contributed by atoms with Crippen molar-refractivity contribution in [2.45, 2.75) is 18.5 Å². The lowest BCUT2D eigenvalue weighted by Crippen LogP contribution is -3.09. The SMILES string of the molecule is C[NH+](Cc1ccccc1)CN1C(=O)N[C@](Cc2ccccc2)(c2ccccc2)C1=O. The zero-order chi connectivity index (χ0) is 21.0. The van der Waals surface area contributed by atoms with E-state index in [9.17, 15) is 9.59 Å². The average Bonchev–Trinajstić information content (AvgIpc) is 3.01. The summed E-state index contributed by atoms with van der Waals surface area (Å²) in [5.74, 6) is -0.199. The minimum Gasteiger partial charge on any atom is -0.319 e. The van der Waals surface area contributed by atoms with Crippen LogP contribution in [0.1, 0.15) is 16.7 Å². The summed E-state index contributed by atoms with van der Waals surface area (Å²) in [7, 11) is 1.99. The smallest absolute Gasteiger partial charge is 0.319 e. The first kappa shape index (κ1) is 19.9. The second-order valence-electron chi connectivity index (χ2n) is 7.87. The molecule has 152 valence electrons. The Hall–Kier alpha value is -3.44. The Kier molecular flexibility index (Phi) is 5.63.